The van der Waals surface area contributed by atoms with Crippen LogP contribution in [-0.2, 0) is 0 Å². The first kappa shape index (κ1) is 10.9. The molecule has 0 radical (unpaired) electrons. The van der Waals surface area contributed by atoms with Crippen LogP contribution in [0, 0.1) is 0 Å². The number of hydrogen-bond donors (Lipinski definition) is 1. The van der Waals surface area contributed by atoms with E-state index in [1.165, 1.54) is 0 Å². The molecule has 0 aromatic carbocycles. The zero-order valence-corrected chi connectivity index (χ0v) is 9.98. The molecule has 16 heavy (non-hydrogen) atoms. The number of hydrogen-bond acceptors (Lipinski definition) is 5. The standard InChI is InChI=1S/C10H13N5S/c1-7(2)16-8-6-13-15(10(8)11)9-4-3-5-12-14-9/h3-7H,11H2,1-2H3. The lowest BCUT2D eigenvalue weighted by molar-refractivity contribution is 0.822. The van der Waals surface area contributed by atoms with E-state index in [1.807, 2.05) is 6.07 Å². The molecule has 0 bridgehead atoms. The third-order valence-electron chi connectivity index (χ3n) is 1.91. The van der Waals surface area contributed by atoms with E-state index >= 15 is 0 Å². The molecule has 84 valence electrons. The molecule has 2 N–H and O–H groups in total. The molecule has 2 aromatic rings. The summed E-state index contributed by atoms with van der Waals surface area (Å²) in [6.07, 6.45) is 3.38. The largest absolute Gasteiger partial charge is 0.383 e. The van der Waals surface area contributed by atoms with Gasteiger partial charge < -0.3 is 5.73 Å². The summed E-state index contributed by atoms with van der Waals surface area (Å²) < 4.78 is 1.59. The normalized spacial score (nSPS) is 10.9. The second-order valence-corrected chi connectivity index (χ2v) is 5.17. The summed E-state index contributed by atoms with van der Waals surface area (Å²) in [5.74, 6) is 1.25. The monoisotopic (exact) mass is 235 g/mol. The topological polar surface area (TPSA) is 69.6 Å². The molecular weight excluding hydrogens is 222 g/mol. The van der Waals surface area contributed by atoms with Gasteiger partial charge in [-0.1, -0.05) is 13.8 Å². The van der Waals surface area contributed by atoms with Gasteiger partial charge in [0.2, 0.25) is 0 Å². The highest BCUT2D eigenvalue weighted by Gasteiger charge is 2.11. The van der Waals surface area contributed by atoms with Crippen LogP contribution in [0.15, 0.2) is 29.4 Å². The van der Waals surface area contributed by atoms with Crippen molar-refractivity contribution in [3.8, 4) is 5.82 Å². The number of nitrogens with zero attached hydrogens (tertiary/aromatic N) is 4. The minimum Gasteiger partial charge on any atom is -0.383 e. The van der Waals surface area contributed by atoms with E-state index < -0.39 is 0 Å². The Labute approximate surface area is 98.1 Å². The second-order valence-electron chi connectivity index (χ2n) is 3.55. The third kappa shape index (κ3) is 2.16. The molecule has 0 unspecified atom stereocenters. The molecule has 0 atom stereocenters. The lowest BCUT2D eigenvalue weighted by atomic mass is 10.5. The summed E-state index contributed by atoms with van der Waals surface area (Å²) in [5.41, 5.74) is 6.00. The molecule has 0 saturated carbocycles. The van der Waals surface area contributed by atoms with E-state index in [-0.39, 0.29) is 0 Å². The van der Waals surface area contributed by atoms with Gasteiger partial charge in [0.25, 0.3) is 0 Å². The average molecular weight is 235 g/mol. The lowest BCUT2D eigenvalue weighted by Crippen LogP contribution is -2.04. The quantitative estimate of drug-likeness (QED) is 0.821. The number of nitrogens with two attached hydrogens (primary N) is 1. The molecule has 6 heteroatoms. The maximum Gasteiger partial charge on any atom is 0.178 e. The Morgan fingerprint density at radius 1 is 1.44 bits per heavy atom. The van der Waals surface area contributed by atoms with E-state index in [9.17, 15) is 0 Å². The van der Waals surface area contributed by atoms with Gasteiger partial charge in [0.15, 0.2) is 5.82 Å². The van der Waals surface area contributed by atoms with Crippen molar-refractivity contribution in [3.63, 3.8) is 0 Å². The van der Waals surface area contributed by atoms with Crippen LogP contribution in [0.1, 0.15) is 13.8 Å². The van der Waals surface area contributed by atoms with Gasteiger partial charge >= 0.3 is 0 Å². The summed E-state index contributed by atoms with van der Waals surface area (Å²) in [6.45, 7) is 4.23. The fraction of sp³-hybridized carbons (Fsp3) is 0.300. The van der Waals surface area contributed by atoms with Crippen molar-refractivity contribution in [1.82, 2.24) is 20.0 Å². The fourth-order valence-electron chi connectivity index (χ4n) is 1.28. The molecule has 2 rings (SSSR count). The van der Waals surface area contributed by atoms with Crippen LogP contribution in [0.4, 0.5) is 5.82 Å². The van der Waals surface area contributed by atoms with E-state index in [0.29, 0.717) is 16.9 Å². The minimum absolute atomic E-state index is 0.474. The highest BCUT2D eigenvalue weighted by molar-refractivity contribution is 8.00. The summed E-state index contributed by atoms with van der Waals surface area (Å²) in [7, 11) is 0. The summed E-state index contributed by atoms with van der Waals surface area (Å²) >= 11 is 1.68. The average Bonchev–Trinajstić information content (AvgIpc) is 2.61. The summed E-state index contributed by atoms with van der Waals surface area (Å²) in [5, 5.41) is 12.4. The van der Waals surface area contributed by atoms with Gasteiger partial charge in [-0.2, -0.15) is 14.9 Å². The van der Waals surface area contributed by atoms with Gasteiger partial charge in [-0.15, -0.1) is 16.9 Å². The van der Waals surface area contributed by atoms with E-state index in [4.69, 9.17) is 5.73 Å². The molecular formula is C10H13N5S. The molecule has 0 aliphatic carbocycles. The number of nitrogen functional groups attached to an aromatic ring is 1. The van der Waals surface area contributed by atoms with E-state index in [2.05, 4.69) is 29.1 Å². The van der Waals surface area contributed by atoms with Crippen LogP contribution in [0.2, 0.25) is 0 Å². The van der Waals surface area contributed by atoms with Gasteiger partial charge in [0.05, 0.1) is 11.1 Å². The van der Waals surface area contributed by atoms with Crippen LogP contribution in [0.25, 0.3) is 5.82 Å². The van der Waals surface area contributed by atoms with Gasteiger partial charge in [-0.3, -0.25) is 0 Å². The number of thioether (sulfide) groups is 1. The predicted molar refractivity (Wildman–Crippen MR) is 64.6 cm³/mol. The molecule has 0 aliphatic heterocycles. The SMILES string of the molecule is CC(C)Sc1cnn(-c2cccnn2)c1N. The summed E-state index contributed by atoms with van der Waals surface area (Å²) in [6, 6.07) is 3.62. The first-order valence-electron chi connectivity index (χ1n) is 4.96. The summed E-state index contributed by atoms with van der Waals surface area (Å²) in [4.78, 5) is 0.973. The molecule has 0 saturated heterocycles. The highest BCUT2D eigenvalue weighted by atomic mass is 32.2. The van der Waals surface area contributed by atoms with Gasteiger partial charge in [0.1, 0.15) is 5.82 Å². The molecule has 0 aliphatic rings. The molecule has 0 fully saturated rings. The van der Waals surface area contributed by atoms with Gasteiger partial charge in [-0.05, 0) is 12.1 Å². The highest BCUT2D eigenvalue weighted by Crippen LogP contribution is 2.29. The maximum atomic E-state index is 6.00. The number of anilines is 1. The first-order valence-corrected chi connectivity index (χ1v) is 5.84. The van der Waals surface area contributed by atoms with E-state index in [1.54, 1.807) is 34.9 Å². The molecule has 0 amide bonds. The Bertz CT molecular complexity index is 465. The Morgan fingerprint density at radius 3 is 2.88 bits per heavy atom. The Balaban J connectivity index is 2.34. The van der Waals surface area contributed by atoms with Crippen molar-refractivity contribution >= 4 is 17.6 Å². The van der Waals surface area contributed by atoms with Crippen molar-refractivity contribution in [1.29, 1.82) is 0 Å². The number of aromatic nitrogens is 4. The van der Waals surface area contributed by atoms with Gasteiger partial charge in [0, 0.05) is 11.4 Å². The predicted octanol–water partition coefficient (Wildman–Crippen LogP) is 1.74. The molecule has 5 nitrogen and oxygen atoms in total. The third-order valence-corrected chi connectivity index (χ3v) is 2.95. The van der Waals surface area contributed by atoms with Crippen molar-refractivity contribution < 1.29 is 0 Å². The molecule has 0 spiro atoms. The maximum absolute atomic E-state index is 6.00. The zero-order valence-electron chi connectivity index (χ0n) is 9.16. The van der Waals surface area contributed by atoms with Crippen LogP contribution in [0.3, 0.4) is 0 Å². The zero-order chi connectivity index (χ0) is 11.5. The van der Waals surface area contributed by atoms with Crippen LogP contribution in [-0.4, -0.2) is 25.2 Å². The van der Waals surface area contributed by atoms with Crippen LogP contribution in [0.5, 0.6) is 0 Å². The fourth-order valence-corrected chi connectivity index (χ4v) is 2.10. The minimum atomic E-state index is 0.474. The lowest BCUT2D eigenvalue weighted by Gasteiger charge is -2.04. The van der Waals surface area contributed by atoms with Crippen molar-refractivity contribution in [2.24, 2.45) is 0 Å². The van der Waals surface area contributed by atoms with Crippen LogP contribution < -0.4 is 5.73 Å². The smallest absolute Gasteiger partial charge is 0.178 e. The van der Waals surface area contributed by atoms with Crippen LogP contribution >= 0.6 is 11.8 Å². The Morgan fingerprint density at radius 2 is 2.25 bits per heavy atom. The Hall–Kier alpha value is -1.56. The molecule has 2 aromatic heterocycles. The van der Waals surface area contributed by atoms with Gasteiger partial charge in [-0.25, -0.2) is 0 Å². The number of rotatable bonds is 3. The Kier molecular flexibility index (Phi) is 3.09. The first-order chi connectivity index (χ1) is 7.68. The van der Waals surface area contributed by atoms with Crippen molar-refractivity contribution in [2.45, 2.75) is 24.0 Å². The van der Waals surface area contributed by atoms with Crippen molar-refractivity contribution in [2.75, 3.05) is 5.73 Å². The van der Waals surface area contributed by atoms with Crippen molar-refractivity contribution in [3.05, 3.63) is 24.5 Å². The van der Waals surface area contributed by atoms with E-state index in [0.717, 1.165) is 4.90 Å². The second kappa shape index (κ2) is 4.52. The molecule has 2 heterocycles.